The van der Waals surface area contributed by atoms with Crippen molar-refractivity contribution < 1.29 is 19.0 Å². The molecular weight excluding hydrogens is 543 g/mol. The average molecular weight is 593 g/mol. The summed E-state index contributed by atoms with van der Waals surface area (Å²) in [7, 11) is 0. The molecule has 0 amide bonds. The Labute approximate surface area is 219 Å². The molecule has 2 rings (SSSR count). The van der Waals surface area contributed by atoms with Crippen molar-refractivity contribution in [2.75, 3.05) is 13.2 Å². The Bertz CT molecular complexity index is 717. The van der Waals surface area contributed by atoms with Crippen molar-refractivity contribution in [2.45, 2.75) is 117 Å². The molecule has 1 fully saturated rings. The number of unbranched alkanes of at least 4 members (excludes halogenated alkanes) is 3. The van der Waals surface area contributed by atoms with Crippen molar-refractivity contribution in [3.63, 3.8) is 0 Å². The summed E-state index contributed by atoms with van der Waals surface area (Å²) in [4.78, 5) is 12.7. The number of carbonyl (C=O) groups is 1. The standard InChI is InChI=1S/C18H23O4.3C4H9.Sn/c1-3-14(13-17(19)20-4-2)15-8-10-16(11-9-15)22-18-7-5-6-12-21-18;3*1-3-4-2;/h8-11,14,18H,1,4-7,12-13H2,2H3;3*1,3-4H2,2H3;/t14-,18?;;;;/m1..../s1. The Morgan fingerprint density at radius 1 is 1.00 bits per heavy atom. The molecule has 0 saturated carbocycles. The molecule has 1 aromatic rings. The third-order valence-corrected chi connectivity index (χ3v) is 23.6. The van der Waals surface area contributed by atoms with E-state index in [1.54, 1.807) is 0 Å². The van der Waals surface area contributed by atoms with E-state index >= 15 is 0 Å². The zero-order valence-corrected chi connectivity index (χ0v) is 25.8. The first kappa shape index (κ1) is 30.2. The van der Waals surface area contributed by atoms with Gasteiger partial charge in [-0.15, -0.1) is 0 Å². The SMILES string of the molecule is C=[C]([C@H](CC(=O)OCC)c1ccc(OC2CCCCO2)cc1)[Sn]([CH2]CCC)([CH2]CCC)[CH2]CCC. The van der Waals surface area contributed by atoms with E-state index in [2.05, 4.69) is 32.9 Å². The first-order valence-corrected chi connectivity index (χ1v) is 21.7. The van der Waals surface area contributed by atoms with Crippen LogP contribution in [0.4, 0.5) is 0 Å². The maximum atomic E-state index is 12.7. The minimum absolute atomic E-state index is 0.0374. The predicted octanol–water partition coefficient (Wildman–Crippen LogP) is 8.57. The zero-order valence-electron chi connectivity index (χ0n) is 22.9. The van der Waals surface area contributed by atoms with Gasteiger partial charge in [0.05, 0.1) is 0 Å². The zero-order chi connectivity index (χ0) is 25.5. The summed E-state index contributed by atoms with van der Waals surface area (Å²) in [6.45, 7) is 14.8. The fourth-order valence-corrected chi connectivity index (χ4v) is 21.9. The van der Waals surface area contributed by atoms with Crippen molar-refractivity contribution in [3.8, 4) is 5.75 Å². The van der Waals surface area contributed by atoms with Crippen LogP contribution >= 0.6 is 0 Å². The fraction of sp³-hybridized carbons (Fsp3) is 0.700. The van der Waals surface area contributed by atoms with Crippen LogP contribution in [0, 0.1) is 0 Å². The minimum atomic E-state index is -2.75. The van der Waals surface area contributed by atoms with Gasteiger partial charge in [-0.05, 0) is 0 Å². The Morgan fingerprint density at radius 2 is 1.60 bits per heavy atom. The summed E-state index contributed by atoms with van der Waals surface area (Å²) in [5.41, 5.74) is 1.17. The van der Waals surface area contributed by atoms with E-state index in [9.17, 15) is 4.79 Å². The van der Waals surface area contributed by atoms with Gasteiger partial charge in [-0.25, -0.2) is 0 Å². The summed E-state index contributed by atoms with van der Waals surface area (Å²) in [5, 5.41) is 0. The van der Waals surface area contributed by atoms with Crippen LogP contribution in [0.25, 0.3) is 0 Å². The maximum absolute atomic E-state index is 12.7. The number of carbonyl (C=O) groups excluding carboxylic acids is 1. The van der Waals surface area contributed by atoms with Crippen LogP contribution in [0.5, 0.6) is 5.75 Å². The molecule has 198 valence electrons. The van der Waals surface area contributed by atoms with E-state index in [0.717, 1.165) is 31.6 Å². The van der Waals surface area contributed by atoms with Gasteiger partial charge in [0.15, 0.2) is 0 Å². The topological polar surface area (TPSA) is 44.8 Å². The van der Waals surface area contributed by atoms with Crippen LogP contribution < -0.4 is 4.74 Å². The first-order valence-electron chi connectivity index (χ1n) is 14.2. The van der Waals surface area contributed by atoms with Crippen LogP contribution in [0.2, 0.25) is 13.3 Å². The molecule has 0 spiro atoms. The summed E-state index contributed by atoms with van der Waals surface area (Å²) in [6, 6.07) is 8.37. The van der Waals surface area contributed by atoms with Gasteiger partial charge < -0.3 is 0 Å². The van der Waals surface area contributed by atoms with Gasteiger partial charge in [0.25, 0.3) is 0 Å². The van der Waals surface area contributed by atoms with E-state index in [1.165, 1.54) is 61.0 Å². The molecule has 1 saturated heterocycles. The van der Waals surface area contributed by atoms with Crippen LogP contribution in [-0.4, -0.2) is 43.9 Å². The molecule has 5 heteroatoms. The quantitative estimate of drug-likeness (QED) is 0.134. The number of rotatable bonds is 17. The molecule has 1 heterocycles. The van der Waals surface area contributed by atoms with Crippen molar-refractivity contribution >= 4 is 24.3 Å². The number of hydrogen-bond donors (Lipinski definition) is 0. The summed E-state index contributed by atoms with van der Waals surface area (Å²) < 4.78 is 22.7. The Balaban J connectivity index is 2.34. The number of esters is 1. The Morgan fingerprint density at radius 3 is 2.09 bits per heavy atom. The Kier molecular flexibility index (Phi) is 14.4. The second-order valence-corrected chi connectivity index (χ2v) is 23.6. The van der Waals surface area contributed by atoms with Crippen molar-refractivity contribution in [1.82, 2.24) is 0 Å². The van der Waals surface area contributed by atoms with Crippen molar-refractivity contribution in [2.24, 2.45) is 0 Å². The van der Waals surface area contributed by atoms with Gasteiger partial charge in [-0.1, -0.05) is 0 Å². The summed E-state index contributed by atoms with van der Waals surface area (Å²) in [5.74, 6) is 0.755. The fourth-order valence-electron chi connectivity index (χ4n) is 5.34. The van der Waals surface area contributed by atoms with Gasteiger partial charge in [0.2, 0.25) is 0 Å². The third-order valence-electron chi connectivity index (χ3n) is 7.49. The molecule has 0 radical (unpaired) electrons. The molecule has 4 nitrogen and oxygen atoms in total. The van der Waals surface area contributed by atoms with Crippen LogP contribution in [0.1, 0.15) is 103 Å². The summed E-state index contributed by atoms with van der Waals surface area (Å²) >= 11 is -2.75. The van der Waals surface area contributed by atoms with Gasteiger partial charge in [0.1, 0.15) is 0 Å². The Hall–Kier alpha value is -1.01. The molecular formula is C30H50O4Sn. The van der Waals surface area contributed by atoms with Gasteiger partial charge in [-0.2, -0.15) is 0 Å². The summed E-state index contributed by atoms with van der Waals surface area (Å²) in [6.07, 6.45) is 10.9. The van der Waals surface area contributed by atoms with Gasteiger partial charge in [0, 0.05) is 0 Å². The van der Waals surface area contributed by atoms with E-state index in [-0.39, 0.29) is 18.2 Å². The first-order chi connectivity index (χ1) is 17.0. The van der Waals surface area contributed by atoms with E-state index in [4.69, 9.17) is 20.8 Å². The number of benzene rings is 1. The average Bonchev–Trinajstić information content (AvgIpc) is 2.88. The molecule has 1 unspecified atom stereocenters. The number of allylic oxidation sites excluding steroid dienone is 1. The molecule has 0 aromatic heterocycles. The van der Waals surface area contributed by atoms with Crippen molar-refractivity contribution in [3.05, 3.63) is 40.0 Å². The molecule has 35 heavy (non-hydrogen) atoms. The van der Waals surface area contributed by atoms with Crippen molar-refractivity contribution in [1.29, 1.82) is 0 Å². The van der Waals surface area contributed by atoms with Crippen LogP contribution in [0.15, 0.2) is 34.4 Å². The molecule has 0 N–H and O–H groups in total. The molecule has 1 aliphatic rings. The molecule has 1 aromatic carbocycles. The molecule has 0 aliphatic carbocycles. The third kappa shape index (κ3) is 9.75. The normalized spacial score (nSPS) is 17.1. The number of ether oxygens (including phenoxy) is 3. The second-order valence-electron chi connectivity index (χ2n) is 10.2. The van der Waals surface area contributed by atoms with Crippen LogP contribution in [-0.2, 0) is 14.3 Å². The van der Waals surface area contributed by atoms with Gasteiger partial charge >= 0.3 is 220 Å². The molecule has 1 aliphatic heterocycles. The van der Waals surface area contributed by atoms with Gasteiger partial charge in [-0.3, -0.25) is 0 Å². The molecule has 0 bridgehead atoms. The van der Waals surface area contributed by atoms with E-state index in [1.807, 2.05) is 19.1 Å². The monoisotopic (exact) mass is 594 g/mol. The second kappa shape index (κ2) is 16.7. The predicted molar refractivity (Wildman–Crippen MR) is 149 cm³/mol. The van der Waals surface area contributed by atoms with Crippen LogP contribution in [0.3, 0.4) is 0 Å². The number of hydrogen-bond acceptors (Lipinski definition) is 4. The van der Waals surface area contributed by atoms with E-state index in [0.29, 0.717) is 13.0 Å². The van der Waals surface area contributed by atoms with E-state index < -0.39 is 18.4 Å². The molecule has 2 atom stereocenters.